The molecule has 0 atom stereocenters. The van der Waals surface area contributed by atoms with Crippen molar-refractivity contribution >= 4 is 17.7 Å². The molecule has 1 aromatic heterocycles. The molecule has 0 fully saturated rings. The molecular formula is C22H23N3O. The van der Waals surface area contributed by atoms with Crippen LogP contribution in [0.5, 0.6) is 0 Å². The molecular weight excluding hydrogens is 322 g/mol. The Labute approximate surface area is 154 Å². The molecule has 1 amide bonds. The van der Waals surface area contributed by atoms with Crippen molar-refractivity contribution in [3.05, 3.63) is 82.7 Å². The monoisotopic (exact) mass is 345 g/mol. The zero-order valence-electron chi connectivity index (χ0n) is 15.6. The molecule has 0 aliphatic heterocycles. The zero-order chi connectivity index (χ0) is 18.7. The lowest BCUT2D eigenvalue weighted by Gasteiger charge is -2.07. The SMILES string of the molecule is Cc1ccc(NC(=O)/C=C/c2c(C)nn(-c3ccccc3)c2C)c(C)c1. The number of anilines is 1. The lowest BCUT2D eigenvalue weighted by molar-refractivity contribution is -0.111. The van der Waals surface area contributed by atoms with Crippen molar-refractivity contribution in [3.63, 3.8) is 0 Å². The van der Waals surface area contributed by atoms with Crippen molar-refractivity contribution in [3.8, 4) is 5.69 Å². The molecule has 1 heterocycles. The third-order valence-corrected chi connectivity index (χ3v) is 4.39. The van der Waals surface area contributed by atoms with Gasteiger partial charge in [-0.3, -0.25) is 4.79 Å². The second-order valence-electron chi connectivity index (χ2n) is 6.47. The van der Waals surface area contributed by atoms with E-state index in [0.29, 0.717) is 0 Å². The van der Waals surface area contributed by atoms with E-state index >= 15 is 0 Å². The van der Waals surface area contributed by atoms with Gasteiger partial charge in [-0.2, -0.15) is 5.10 Å². The van der Waals surface area contributed by atoms with Crippen LogP contribution in [0.15, 0.2) is 54.6 Å². The molecule has 1 N–H and O–H groups in total. The van der Waals surface area contributed by atoms with Crippen LogP contribution in [0.4, 0.5) is 5.69 Å². The fourth-order valence-corrected chi connectivity index (χ4v) is 3.00. The van der Waals surface area contributed by atoms with Crippen LogP contribution in [0.1, 0.15) is 28.1 Å². The summed E-state index contributed by atoms with van der Waals surface area (Å²) in [6, 6.07) is 16.0. The fourth-order valence-electron chi connectivity index (χ4n) is 3.00. The van der Waals surface area contributed by atoms with Crippen molar-refractivity contribution < 1.29 is 4.79 Å². The van der Waals surface area contributed by atoms with Crippen molar-refractivity contribution in [2.45, 2.75) is 27.7 Å². The minimum atomic E-state index is -0.150. The highest BCUT2D eigenvalue weighted by molar-refractivity contribution is 6.02. The number of carbonyl (C=O) groups excluding carboxylic acids is 1. The molecule has 0 unspecified atom stereocenters. The highest BCUT2D eigenvalue weighted by atomic mass is 16.1. The Kier molecular flexibility index (Phi) is 5.03. The highest BCUT2D eigenvalue weighted by Gasteiger charge is 2.11. The predicted octanol–water partition coefficient (Wildman–Crippen LogP) is 4.76. The highest BCUT2D eigenvalue weighted by Crippen LogP contribution is 2.20. The van der Waals surface area contributed by atoms with Crippen LogP contribution >= 0.6 is 0 Å². The quantitative estimate of drug-likeness (QED) is 0.693. The number of carbonyl (C=O) groups is 1. The standard InChI is InChI=1S/C22H23N3O/c1-15-10-12-21(16(2)14-15)23-22(26)13-11-20-17(3)24-25(18(20)4)19-8-6-5-7-9-19/h5-14H,1-4H3,(H,23,26)/b13-11+. The number of aromatic nitrogens is 2. The minimum Gasteiger partial charge on any atom is -0.322 e. The summed E-state index contributed by atoms with van der Waals surface area (Å²) in [5, 5.41) is 7.53. The third-order valence-electron chi connectivity index (χ3n) is 4.39. The normalized spacial score (nSPS) is 11.1. The van der Waals surface area contributed by atoms with Crippen LogP contribution in [0.25, 0.3) is 11.8 Å². The maximum absolute atomic E-state index is 12.3. The number of benzene rings is 2. The van der Waals surface area contributed by atoms with Crippen LogP contribution < -0.4 is 5.32 Å². The summed E-state index contributed by atoms with van der Waals surface area (Å²) in [7, 11) is 0. The molecule has 0 aliphatic rings. The van der Waals surface area contributed by atoms with E-state index in [4.69, 9.17) is 0 Å². The van der Waals surface area contributed by atoms with Gasteiger partial charge in [-0.05, 0) is 57.5 Å². The first-order chi connectivity index (χ1) is 12.5. The average Bonchev–Trinajstić information content (AvgIpc) is 2.90. The van der Waals surface area contributed by atoms with Crippen molar-refractivity contribution in [2.24, 2.45) is 0 Å². The van der Waals surface area contributed by atoms with Gasteiger partial charge in [0.2, 0.25) is 5.91 Å². The first kappa shape index (κ1) is 17.7. The van der Waals surface area contributed by atoms with Crippen LogP contribution in [-0.4, -0.2) is 15.7 Å². The van der Waals surface area contributed by atoms with Crippen LogP contribution in [-0.2, 0) is 4.79 Å². The molecule has 0 saturated carbocycles. The number of amides is 1. The van der Waals surface area contributed by atoms with Gasteiger partial charge in [-0.25, -0.2) is 4.68 Å². The van der Waals surface area contributed by atoms with Gasteiger partial charge in [0.15, 0.2) is 0 Å². The molecule has 0 spiro atoms. The number of rotatable bonds is 4. The van der Waals surface area contributed by atoms with Gasteiger partial charge >= 0.3 is 0 Å². The molecule has 132 valence electrons. The lowest BCUT2D eigenvalue weighted by atomic mass is 10.1. The molecule has 0 radical (unpaired) electrons. The van der Waals surface area contributed by atoms with E-state index in [1.165, 1.54) is 5.56 Å². The van der Waals surface area contributed by atoms with Gasteiger partial charge in [0, 0.05) is 23.0 Å². The molecule has 0 bridgehead atoms. The third kappa shape index (κ3) is 3.75. The molecule has 0 saturated heterocycles. The molecule has 4 nitrogen and oxygen atoms in total. The molecule has 3 rings (SSSR count). The van der Waals surface area contributed by atoms with Gasteiger partial charge in [-0.1, -0.05) is 35.9 Å². The topological polar surface area (TPSA) is 46.9 Å². The number of nitrogens with one attached hydrogen (secondary N) is 1. The molecule has 0 aliphatic carbocycles. The van der Waals surface area contributed by atoms with E-state index in [0.717, 1.165) is 33.9 Å². The number of nitrogens with zero attached hydrogens (tertiary/aromatic N) is 2. The maximum Gasteiger partial charge on any atom is 0.248 e. The first-order valence-electron chi connectivity index (χ1n) is 8.63. The predicted molar refractivity (Wildman–Crippen MR) is 107 cm³/mol. The first-order valence-corrected chi connectivity index (χ1v) is 8.63. The Bertz CT molecular complexity index is 969. The number of aryl methyl sites for hydroxylation is 3. The summed E-state index contributed by atoms with van der Waals surface area (Å²) in [5.74, 6) is -0.150. The van der Waals surface area contributed by atoms with E-state index in [1.807, 2.05) is 80.9 Å². The van der Waals surface area contributed by atoms with Crippen molar-refractivity contribution in [1.82, 2.24) is 9.78 Å². The van der Waals surface area contributed by atoms with Gasteiger partial charge in [0.1, 0.15) is 0 Å². The van der Waals surface area contributed by atoms with Crippen molar-refractivity contribution in [2.75, 3.05) is 5.32 Å². The summed E-state index contributed by atoms with van der Waals surface area (Å²) in [5.41, 5.74) is 6.92. The summed E-state index contributed by atoms with van der Waals surface area (Å²) < 4.78 is 1.90. The second kappa shape index (κ2) is 7.40. The number of hydrogen-bond donors (Lipinski definition) is 1. The van der Waals surface area contributed by atoms with Gasteiger partial charge in [0.05, 0.1) is 11.4 Å². The van der Waals surface area contributed by atoms with E-state index < -0.39 is 0 Å². The minimum absolute atomic E-state index is 0.150. The Morgan fingerprint density at radius 1 is 1.04 bits per heavy atom. The van der Waals surface area contributed by atoms with E-state index in [-0.39, 0.29) is 5.91 Å². The van der Waals surface area contributed by atoms with Gasteiger partial charge < -0.3 is 5.32 Å². The van der Waals surface area contributed by atoms with Crippen molar-refractivity contribution in [1.29, 1.82) is 0 Å². The Morgan fingerprint density at radius 3 is 2.46 bits per heavy atom. The van der Waals surface area contributed by atoms with Crippen LogP contribution in [0.2, 0.25) is 0 Å². The second-order valence-corrected chi connectivity index (χ2v) is 6.47. The molecule has 3 aromatic rings. The zero-order valence-corrected chi connectivity index (χ0v) is 15.6. The van der Waals surface area contributed by atoms with E-state index in [2.05, 4.69) is 16.5 Å². The van der Waals surface area contributed by atoms with Gasteiger partial charge in [-0.15, -0.1) is 0 Å². The van der Waals surface area contributed by atoms with Crippen LogP contribution in [0, 0.1) is 27.7 Å². The fraction of sp³-hybridized carbons (Fsp3) is 0.182. The van der Waals surface area contributed by atoms with Gasteiger partial charge in [0.25, 0.3) is 0 Å². The summed E-state index contributed by atoms with van der Waals surface area (Å²) in [6.07, 6.45) is 3.39. The summed E-state index contributed by atoms with van der Waals surface area (Å²) in [6.45, 7) is 7.99. The summed E-state index contributed by atoms with van der Waals surface area (Å²) >= 11 is 0. The average molecular weight is 345 g/mol. The Balaban J connectivity index is 1.80. The maximum atomic E-state index is 12.3. The van der Waals surface area contributed by atoms with Crippen LogP contribution in [0.3, 0.4) is 0 Å². The molecule has 26 heavy (non-hydrogen) atoms. The van der Waals surface area contributed by atoms with E-state index in [9.17, 15) is 4.79 Å². The smallest absolute Gasteiger partial charge is 0.248 e. The van der Waals surface area contributed by atoms with E-state index in [1.54, 1.807) is 6.08 Å². The summed E-state index contributed by atoms with van der Waals surface area (Å²) in [4.78, 5) is 12.3. The molecule has 2 aromatic carbocycles. The largest absolute Gasteiger partial charge is 0.322 e. The lowest BCUT2D eigenvalue weighted by Crippen LogP contribution is -2.09. The molecule has 4 heteroatoms. The number of para-hydroxylation sites is 1. The number of hydrogen-bond acceptors (Lipinski definition) is 2. The Hall–Kier alpha value is -3.14. The Morgan fingerprint density at radius 2 is 1.77 bits per heavy atom.